The predicted molar refractivity (Wildman–Crippen MR) is 75.8 cm³/mol. The van der Waals surface area contributed by atoms with Crippen LogP contribution in [0, 0.1) is 11.7 Å². The second-order valence-corrected chi connectivity index (χ2v) is 6.10. The van der Waals surface area contributed by atoms with Gasteiger partial charge in [0.25, 0.3) is 0 Å². The second-order valence-electron chi connectivity index (χ2n) is 5.25. The summed E-state index contributed by atoms with van der Waals surface area (Å²) in [6.07, 6.45) is 2.40. The van der Waals surface area contributed by atoms with Gasteiger partial charge in [-0.05, 0) is 65.9 Å². The molecule has 0 bridgehead atoms. The molecule has 0 radical (unpaired) electrons. The molecule has 1 aliphatic heterocycles. The summed E-state index contributed by atoms with van der Waals surface area (Å²) in [4.78, 5) is 2.38. The van der Waals surface area contributed by atoms with E-state index in [1.807, 2.05) is 6.07 Å². The number of likely N-dealkylation sites (tertiary alicyclic amines) is 1. The van der Waals surface area contributed by atoms with Crippen LogP contribution < -0.4 is 5.73 Å². The monoisotopic (exact) mass is 314 g/mol. The lowest BCUT2D eigenvalue weighted by molar-refractivity contribution is 0.154. The minimum atomic E-state index is -0.187. The Hall–Kier alpha value is -0.450. The highest BCUT2D eigenvalue weighted by Gasteiger charge is 2.22. The van der Waals surface area contributed by atoms with Gasteiger partial charge in [0.2, 0.25) is 0 Å². The molecule has 2 nitrogen and oxygen atoms in total. The number of rotatable bonds is 3. The standard InChI is InChI=1S/C14H20BrFN2/c1-10(17)12-3-2-6-18(9-12)8-11-4-5-13(15)14(16)7-11/h4-5,7,10,12H,2-3,6,8-9,17H2,1H3. The molecule has 2 rings (SSSR count). The maximum Gasteiger partial charge on any atom is 0.137 e. The molecule has 1 saturated heterocycles. The maximum atomic E-state index is 13.5. The third kappa shape index (κ3) is 3.53. The van der Waals surface area contributed by atoms with Gasteiger partial charge in [-0.15, -0.1) is 0 Å². The zero-order valence-electron chi connectivity index (χ0n) is 10.7. The van der Waals surface area contributed by atoms with E-state index in [9.17, 15) is 4.39 Å². The van der Waals surface area contributed by atoms with Gasteiger partial charge in [-0.1, -0.05) is 6.07 Å². The molecule has 2 N–H and O–H groups in total. The van der Waals surface area contributed by atoms with Crippen molar-refractivity contribution in [3.05, 3.63) is 34.1 Å². The van der Waals surface area contributed by atoms with Crippen LogP contribution in [0.15, 0.2) is 22.7 Å². The molecule has 1 aromatic carbocycles. The number of benzene rings is 1. The topological polar surface area (TPSA) is 29.3 Å². The average Bonchev–Trinajstić information content (AvgIpc) is 2.34. The highest BCUT2D eigenvalue weighted by Crippen LogP contribution is 2.22. The zero-order chi connectivity index (χ0) is 13.1. The molecule has 0 spiro atoms. The maximum absolute atomic E-state index is 13.5. The van der Waals surface area contributed by atoms with Crippen LogP contribution in [0.25, 0.3) is 0 Å². The number of piperidine rings is 1. The molecule has 2 atom stereocenters. The molecule has 1 aromatic rings. The van der Waals surface area contributed by atoms with Gasteiger partial charge in [0, 0.05) is 19.1 Å². The molecule has 100 valence electrons. The summed E-state index contributed by atoms with van der Waals surface area (Å²) in [5.41, 5.74) is 7.00. The lowest BCUT2D eigenvalue weighted by Gasteiger charge is -2.34. The Kier molecular flexibility index (Phi) is 4.76. The van der Waals surface area contributed by atoms with Crippen LogP contribution in [0.1, 0.15) is 25.3 Å². The van der Waals surface area contributed by atoms with E-state index in [1.54, 1.807) is 12.1 Å². The van der Waals surface area contributed by atoms with Crippen LogP contribution in [-0.2, 0) is 6.54 Å². The summed E-state index contributed by atoms with van der Waals surface area (Å²) in [7, 11) is 0. The zero-order valence-corrected chi connectivity index (χ0v) is 12.3. The van der Waals surface area contributed by atoms with Crippen molar-refractivity contribution in [1.82, 2.24) is 4.90 Å². The highest BCUT2D eigenvalue weighted by molar-refractivity contribution is 9.10. The van der Waals surface area contributed by atoms with Crippen LogP contribution in [0.5, 0.6) is 0 Å². The fourth-order valence-corrected chi connectivity index (χ4v) is 2.81. The third-order valence-corrected chi connectivity index (χ3v) is 4.32. The lowest BCUT2D eigenvalue weighted by atomic mass is 9.92. The normalized spacial score (nSPS) is 23.0. The highest BCUT2D eigenvalue weighted by atomic mass is 79.9. The van der Waals surface area contributed by atoms with Gasteiger partial charge in [0.1, 0.15) is 5.82 Å². The third-order valence-electron chi connectivity index (χ3n) is 3.68. The van der Waals surface area contributed by atoms with Gasteiger partial charge >= 0.3 is 0 Å². The minimum absolute atomic E-state index is 0.187. The second kappa shape index (κ2) is 6.13. The fraction of sp³-hybridized carbons (Fsp3) is 0.571. The molecule has 2 unspecified atom stereocenters. The molecule has 1 fully saturated rings. The van der Waals surface area contributed by atoms with Crippen molar-refractivity contribution in [3.63, 3.8) is 0 Å². The van der Waals surface area contributed by atoms with E-state index in [1.165, 1.54) is 12.8 Å². The van der Waals surface area contributed by atoms with E-state index in [0.29, 0.717) is 10.4 Å². The van der Waals surface area contributed by atoms with E-state index in [-0.39, 0.29) is 11.9 Å². The van der Waals surface area contributed by atoms with E-state index in [2.05, 4.69) is 27.8 Å². The van der Waals surface area contributed by atoms with Crippen molar-refractivity contribution in [3.8, 4) is 0 Å². The summed E-state index contributed by atoms with van der Waals surface area (Å²) < 4.78 is 14.0. The van der Waals surface area contributed by atoms with E-state index in [4.69, 9.17) is 5.73 Å². The van der Waals surface area contributed by atoms with Crippen molar-refractivity contribution in [2.24, 2.45) is 11.7 Å². The van der Waals surface area contributed by atoms with Crippen LogP contribution in [0.2, 0.25) is 0 Å². The number of nitrogens with two attached hydrogens (primary N) is 1. The summed E-state index contributed by atoms with van der Waals surface area (Å²) in [6.45, 7) is 5.00. The van der Waals surface area contributed by atoms with Crippen molar-refractivity contribution >= 4 is 15.9 Å². The SMILES string of the molecule is CC(N)C1CCCN(Cc2ccc(Br)c(F)c2)C1. The smallest absolute Gasteiger partial charge is 0.137 e. The first kappa shape index (κ1) is 14.0. The van der Waals surface area contributed by atoms with Gasteiger partial charge < -0.3 is 5.73 Å². The van der Waals surface area contributed by atoms with Gasteiger partial charge in [0.15, 0.2) is 0 Å². The molecule has 18 heavy (non-hydrogen) atoms. The first-order chi connectivity index (χ1) is 8.56. The molecule has 1 aliphatic rings. The molecule has 0 aliphatic carbocycles. The van der Waals surface area contributed by atoms with Crippen LogP contribution in [0.3, 0.4) is 0 Å². The summed E-state index contributed by atoms with van der Waals surface area (Å²) in [5, 5.41) is 0. The van der Waals surface area contributed by atoms with Gasteiger partial charge in [-0.25, -0.2) is 4.39 Å². The lowest BCUT2D eigenvalue weighted by Crippen LogP contribution is -2.41. The van der Waals surface area contributed by atoms with E-state index < -0.39 is 0 Å². The van der Waals surface area contributed by atoms with Crippen LogP contribution in [-0.4, -0.2) is 24.0 Å². The minimum Gasteiger partial charge on any atom is -0.328 e. The Bertz CT molecular complexity index is 409. The Morgan fingerprint density at radius 2 is 2.33 bits per heavy atom. The molecule has 4 heteroatoms. The Balaban J connectivity index is 1.98. The number of hydrogen-bond acceptors (Lipinski definition) is 2. The van der Waals surface area contributed by atoms with Crippen molar-refractivity contribution in [1.29, 1.82) is 0 Å². The number of hydrogen-bond donors (Lipinski definition) is 1. The average molecular weight is 315 g/mol. The van der Waals surface area contributed by atoms with Crippen molar-refractivity contribution < 1.29 is 4.39 Å². The first-order valence-corrected chi connectivity index (χ1v) is 7.27. The fourth-order valence-electron chi connectivity index (χ4n) is 2.56. The molecule has 0 amide bonds. The predicted octanol–water partition coefficient (Wildman–Crippen LogP) is 3.15. The van der Waals surface area contributed by atoms with Crippen LogP contribution >= 0.6 is 15.9 Å². The van der Waals surface area contributed by atoms with Crippen molar-refractivity contribution in [2.75, 3.05) is 13.1 Å². The van der Waals surface area contributed by atoms with Crippen LogP contribution in [0.4, 0.5) is 4.39 Å². The first-order valence-electron chi connectivity index (χ1n) is 6.48. The van der Waals surface area contributed by atoms with Gasteiger partial charge in [0.05, 0.1) is 4.47 Å². The molecule has 0 saturated carbocycles. The summed E-state index contributed by atoms with van der Waals surface area (Å²) in [5.74, 6) is 0.382. The molecule has 1 heterocycles. The molecular formula is C14H20BrFN2. The summed E-state index contributed by atoms with van der Waals surface area (Å²) in [6, 6.07) is 5.61. The van der Waals surface area contributed by atoms with Gasteiger partial charge in [-0.2, -0.15) is 0 Å². The number of halogens is 2. The molecular weight excluding hydrogens is 295 g/mol. The van der Waals surface area contributed by atoms with Gasteiger partial charge in [-0.3, -0.25) is 4.90 Å². The Labute approximate surface area is 116 Å². The van der Waals surface area contributed by atoms with Crippen molar-refractivity contribution in [2.45, 2.75) is 32.4 Å². The summed E-state index contributed by atoms with van der Waals surface area (Å²) >= 11 is 3.18. The van der Waals surface area contributed by atoms with E-state index >= 15 is 0 Å². The molecule has 0 aromatic heterocycles. The Morgan fingerprint density at radius 1 is 1.56 bits per heavy atom. The Morgan fingerprint density at radius 3 is 3.00 bits per heavy atom. The quantitative estimate of drug-likeness (QED) is 0.928. The largest absolute Gasteiger partial charge is 0.328 e. The number of nitrogens with zero attached hydrogens (tertiary/aromatic N) is 1. The van der Waals surface area contributed by atoms with E-state index in [0.717, 1.165) is 25.2 Å².